The number of ether oxygens (including phenoxy) is 2. The van der Waals surface area contributed by atoms with Crippen molar-refractivity contribution in [3.63, 3.8) is 0 Å². The second kappa shape index (κ2) is 12.7. The van der Waals surface area contributed by atoms with Crippen molar-refractivity contribution in [3.8, 4) is 0 Å². The van der Waals surface area contributed by atoms with Crippen LogP contribution in [0.3, 0.4) is 0 Å². The summed E-state index contributed by atoms with van der Waals surface area (Å²) in [6, 6.07) is 3.63. The zero-order chi connectivity index (χ0) is 35.7. The molecular formula is C41H48N4O6. The molecule has 0 aromatic carbocycles. The van der Waals surface area contributed by atoms with Crippen LogP contribution in [0, 0.1) is 34.5 Å². The Kier molecular flexibility index (Phi) is 8.44. The summed E-state index contributed by atoms with van der Waals surface area (Å²) < 4.78 is 12.6. The maximum Gasteiger partial charge on any atom is 0.340 e. The van der Waals surface area contributed by atoms with Crippen molar-refractivity contribution in [1.29, 1.82) is 0 Å². The van der Waals surface area contributed by atoms with Gasteiger partial charge in [0.2, 0.25) is 0 Å². The number of aromatic nitrogens is 1. The van der Waals surface area contributed by atoms with Gasteiger partial charge in [0.15, 0.2) is 0 Å². The lowest BCUT2D eigenvalue weighted by Crippen LogP contribution is -2.53. The Hall–Kier alpha value is -4.31. The largest absolute Gasteiger partial charge is 0.427 e. The summed E-state index contributed by atoms with van der Waals surface area (Å²) in [5.74, 6) is -0.343. The second-order valence-corrected chi connectivity index (χ2v) is 15.9. The van der Waals surface area contributed by atoms with Gasteiger partial charge >= 0.3 is 11.9 Å². The highest BCUT2D eigenvalue weighted by Gasteiger charge is 2.69. The summed E-state index contributed by atoms with van der Waals surface area (Å²) in [7, 11) is 1.93. The summed E-state index contributed by atoms with van der Waals surface area (Å²) in [6.45, 7) is 5.25. The van der Waals surface area contributed by atoms with Crippen molar-refractivity contribution >= 4 is 29.6 Å². The number of fused-ring (bicyclic) bond motifs is 1. The smallest absolute Gasteiger partial charge is 0.340 e. The third-order valence-electron chi connectivity index (χ3n) is 13.2. The molecule has 51 heavy (non-hydrogen) atoms. The average molecular weight is 693 g/mol. The van der Waals surface area contributed by atoms with E-state index in [1.807, 2.05) is 13.1 Å². The monoisotopic (exact) mass is 692 g/mol. The van der Waals surface area contributed by atoms with Gasteiger partial charge in [-0.3, -0.25) is 14.5 Å². The molecule has 268 valence electrons. The number of nitrogen functional groups attached to an aromatic ring is 1. The normalized spacial score (nSPS) is 31.8. The molecular weight excluding hydrogens is 644 g/mol. The topological polar surface area (TPSA) is 141 Å². The molecule has 2 bridgehead atoms. The number of nitrogens with zero attached hydrogens (tertiary/aromatic N) is 2. The van der Waals surface area contributed by atoms with Gasteiger partial charge in [0.1, 0.15) is 17.3 Å². The van der Waals surface area contributed by atoms with Crippen LogP contribution in [-0.2, 0) is 28.7 Å². The summed E-state index contributed by atoms with van der Waals surface area (Å²) in [4.78, 5) is 60.2. The Bertz CT molecular complexity index is 1850. The number of hydrogen-bond acceptors (Lipinski definition) is 9. The van der Waals surface area contributed by atoms with Crippen LogP contribution in [0.4, 0.5) is 5.82 Å². The first-order valence-electron chi connectivity index (χ1n) is 18.9. The van der Waals surface area contributed by atoms with E-state index in [0.29, 0.717) is 35.6 Å². The molecule has 5 aliphatic carbocycles. The van der Waals surface area contributed by atoms with Crippen LogP contribution in [0.1, 0.15) is 89.5 Å². The van der Waals surface area contributed by atoms with Gasteiger partial charge in [-0.15, -0.1) is 0 Å². The van der Waals surface area contributed by atoms with E-state index in [2.05, 4.69) is 36.3 Å². The van der Waals surface area contributed by atoms with Crippen LogP contribution < -0.4 is 11.1 Å². The fourth-order valence-corrected chi connectivity index (χ4v) is 10.9. The number of carbonyl (C=O) groups is 4. The first-order chi connectivity index (χ1) is 24.6. The molecule has 4 heterocycles. The maximum absolute atomic E-state index is 14.5. The van der Waals surface area contributed by atoms with Gasteiger partial charge in [-0.05, 0) is 124 Å². The number of carbonyl (C=O) groups excluding carboxylic acids is 4. The number of allylic oxidation sites excluding steroid dienone is 4. The van der Waals surface area contributed by atoms with Crippen LogP contribution in [0.2, 0.25) is 0 Å². The van der Waals surface area contributed by atoms with Crippen LogP contribution in [0.25, 0.3) is 0 Å². The minimum absolute atomic E-state index is 0.0344. The van der Waals surface area contributed by atoms with Gasteiger partial charge in [0.05, 0.1) is 11.0 Å². The zero-order valence-electron chi connectivity index (χ0n) is 29.8. The lowest BCUT2D eigenvalue weighted by Gasteiger charge is -2.57. The molecule has 1 spiro atoms. The number of cyclic esters (lactones) is 2. The number of esters is 2. The highest BCUT2D eigenvalue weighted by atomic mass is 16.5. The van der Waals surface area contributed by atoms with Gasteiger partial charge in [-0.25, -0.2) is 14.6 Å². The molecule has 2 saturated carbocycles. The second-order valence-electron chi connectivity index (χ2n) is 15.9. The maximum atomic E-state index is 14.5. The Balaban J connectivity index is 1.33. The van der Waals surface area contributed by atoms with Crippen LogP contribution in [-0.4, -0.2) is 53.8 Å². The number of anilines is 1. The average Bonchev–Trinajstić information content (AvgIpc) is 3.88. The summed E-state index contributed by atoms with van der Waals surface area (Å²) in [5, 5.41) is 3.25. The van der Waals surface area contributed by atoms with Gasteiger partial charge in [0.25, 0.3) is 11.8 Å². The molecule has 9 rings (SSSR count). The molecule has 10 nitrogen and oxygen atoms in total. The van der Waals surface area contributed by atoms with Crippen molar-refractivity contribution in [2.24, 2.45) is 34.5 Å². The lowest BCUT2D eigenvalue weighted by atomic mass is 9.43. The molecule has 6 unspecified atom stereocenters. The van der Waals surface area contributed by atoms with Crippen LogP contribution >= 0.6 is 0 Å². The highest BCUT2D eigenvalue weighted by molar-refractivity contribution is 6.13. The summed E-state index contributed by atoms with van der Waals surface area (Å²) in [6.07, 6.45) is 17.8. The Labute approximate surface area is 299 Å². The molecule has 0 radical (unpaired) electrons. The van der Waals surface area contributed by atoms with E-state index in [1.54, 1.807) is 12.3 Å². The molecule has 1 aromatic rings. The minimum atomic E-state index is -0.870. The lowest BCUT2D eigenvalue weighted by molar-refractivity contribution is -0.137. The number of amides is 2. The number of imide groups is 1. The van der Waals surface area contributed by atoms with Crippen molar-refractivity contribution in [3.05, 3.63) is 82.0 Å². The van der Waals surface area contributed by atoms with Crippen LogP contribution in [0.5, 0.6) is 0 Å². The Morgan fingerprint density at radius 3 is 2.55 bits per heavy atom. The predicted molar refractivity (Wildman–Crippen MR) is 190 cm³/mol. The van der Waals surface area contributed by atoms with Gasteiger partial charge in [-0.2, -0.15) is 0 Å². The van der Waals surface area contributed by atoms with Crippen molar-refractivity contribution in [1.82, 2.24) is 15.2 Å². The molecule has 10 heteroatoms. The number of pyridine rings is 1. The molecule has 2 amide bonds. The predicted octanol–water partition coefficient (Wildman–Crippen LogP) is 5.80. The van der Waals surface area contributed by atoms with Crippen molar-refractivity contribution in [2.45, 2.75) is 84.0 Å². The molecule has 1 saturated heterocycles. The molecule has 6 atom stereocenters. The first kappa shape index (κ1) is 33.8. The van der Waals surface area contributed by atoms with Gasteiger partial charge < -0.3 is 20.5 Å². The molecule has 1 aromatic heterocycles. The zero-order valence-corrected chi connectivity index (χ0v) is 29.8. The van der Waals surface area contributed by atoms with E-state index < -0.39 is 17.3 Å². The number of rotatable bonds is 10. The van der Waals surface area contributed by atoms with E-state index in [9.17, 15) is 19.2 Å². The SMILES string of the molecule is CCC1(C=C2OC(=O)C3=C2CCC2C4CCC5(C(=CCC(C)CNC)OC(=O)C5=C4C(CN4C(=O)C=CC4=O)c4ccnc(N)c4)C32)CCCC1. The quantitative estimate of drug-likeness (QED) is 0.230. The molecule has 3 fully saturated rings. The Morgan fingerprint density at radius 2 is 1.84 bits per heavy atom. The van der Waals surface area contributed by atoms with Gasteiger partial charge in [0, 0.05) is 47.9 Å². The number of nitrogens with two attached hydrogens (primary N) is 1. The third-order valence-corrected chi connectivity index (χ3v) is 13.2. The summed E-state index contributed by atoms with van der Waals surface area (Å²) >= 11 is 0. The summed E-state index contributed by atoms with van der Waals surface area (Å²) in [5.41, 5.74) is 9.39. The number of hydrogen-bond donors (Lipinski definition) is 2. The molecule has 3 N–H and O–H groups in total. The van der Waals surface area contributed by atoms with E-state index >= 15 is 0 Å². The molecule has 3 aliphatic heterocycles. The van der Waals surface area contributed by atoms with E-state index in [0.717, 1.165) is 67.5 Å². The minimum Gasteiger partial charge on any atom is -0.427 e. The van der Waals surface area contributed by atoms with Crippen molar-refractivity contribution < 1.29 is 28.7 Å². The number of nitrogens with one attached hydrogen (secondary N) is 1. The molecule has 8 aliphatic rings. The Morgan fingerprint density at radius 1 is 1.08 bits per heavy atom. The standard InChI is InChI=1S/C41H48N4O6/c1-4-40(15-5-6-16-40)20-29-27-9-8-26-25-13-17-41(36(26)35(27)38(48)50-29)30(10-7-23(2)21-43-3)51-39(49)37(41)34(25)28(24-14-18-44-31(42)19-24)22-45-32(46)11-12-33(45)47/h10-12,14,18-20,23,25-26,28,36,43H,4-9,13,15-17,21-22H2,1-3H3,(H2,42,44). The van der Waals surface area contributed by atoms with Crippen LogP contribution in [0.15, 0.2) is 76.4 Å². The highest BCUT2D eigenvalue weighted by Crippen LogP contribution is 2.72. The fraction of sp³-hybridized carbons (Fsp3) is 0.537. The van der Waals surface area contributed by atoms with E-state index in [4.69, 9.17) is 15.2 Å². The van der Waals surface area contributed by atoms with Gasteiger partial charge in [-0.1, -0.05) is 26.7 Å². The van der Waals surface area contributed by atoms with Crippen molar-refractivity contribution in [2.75, 3.05) is 25.9 Å². The fourth-order valence-electron chi connectivity index (χ4n) is 10.9. The third kappa shape index (κ3) is 5.27. The van der Waals surface area contributed by atoms with E-state index in [-0.39, 0.29) is 53.4 Å². The first-order valence-corrected chi connectivity index (χ1v) is 18.9. The van der Waals surface area contributed by atoms with E-state index in [1.165, 1.54) is 29.9 Å².